The number of nitrogens with one attached hydrogen (secondary N) is 1. The summed E-state index contributed by atoms with van der Waals surface area (Å²) in [5, 5.41) is 2.39. The van der Waals surface area contributed by atoms with Crippen molar-refractivity contribution >= 4 is 33.2 Å². The Morgan fingerprint density at radius 3 is 2.61 bits per heavy atom. The molecule has 1 amide bonds. The predicted octanol–water partition coefficient (Wildman–Crippen LogP) is 5.11. The van der Waals surface area contributed by atoms with Gasteiger partial charge in [-0.15, -0.1) is 0 Å². The van der Waals surface area contributed by atoms with Crippen LogP contribution < -0.4 is 10.1 Å². The second-order valence-corrected chi connectivity index (χ2v) is 10.1. The van der Waals surface area contributed by atoms with Crippen molar-refractivity contribution in [2.24, 2.45) is 5.92 Å². The number of anilines is 1. The first-order valence-corrected chi connectivity index (χ1v) is 12.2. The number of nitrogens with zero attached hydrogens (tertiary/aromatic N) is 1. The van der Waals surface area contributed by atoms with Crippen molar-refractivity contribution in [3.05, 3.63) is 52.5 Å². The number of ether oxygens (including phenoxy) is 1. The second-order valence-electron chi connectivity index (χ2n) is 7.74. The molecule has 1 N–H and O–H groups in total. The molecule has 6 nitrogen and oxygen atoms in total. The standard InChI is InChI=1S/C22H24ClF3N2O4S/c1-3-32-20-9-7-17(11-14(20)2)33(30,31)28-10-4-5-15(13-28)21(29)27-19-12-16(22(24,25)26)6-8-18(19)23/h6-9,11-12,15H,3-5,10,13H2,1-2H3,(H,27,29)/t15-/m0/s1. The van der Waals surface area contributed by atoms with E-state index >= 15 is 0 Å². The molecule has 1 aliphatic heterocycles. The number of sulfonamides is 1. The summed E-state index contributed by atoms with van der Waals surface area (Å²) in [6.45, 7) is 4.18. The highest BCUT2D eigenvalue weighted by Gasteiger charge is 2.35. The fourth-order valence-electron chi connectivity index (χ4n) is 3.66. The summed E-state index contributed by atoms with van der Waals surface area (Å²) in [5.41, 5.74) is -0.442. The van der Waals surface area contributed by atoms with Crippen molar-refractivity contribution < 1.29 is 31.1 Å². The van der Waals surface area contributed by atoms with Crippen LogP contribution in [0, 0.1) is 12.8 Å². The Kier molecular flexibility index (Phi) is 7.60. The molecule has 1 aliphatic rings. The van der Waals surface area contributed by atoms with E-state index in [1.54, 1.807) is 13.0 Å². The molecule has 11 heteroatoms. The van der Waals surface area contributed by atoms with Crippen molar-refractivity contribution in [2.75, 3.05) is 25.0 Å². The smallest absolute Gasteiger partial charge is 0.416 e. The van der Waals surface area contributed by atoms with E-state index in [2.05, 4.69) is 5.32 Å². The van der Waals surface area contributed by atoms with Crippen LogP contribution in [0.5, 0.6) is 5.75 Å². The van der Waals surface area contributed by atoms with Gasteiger partial charge in [-0.2, -0.15) is 17.5 Å². The Morgan fingerprint density at radius 1 is 1.24 bits per heavy atom. The minimum absolute atomic E-state index is 0.0403. The van der Waals surface area contributed by atoms with Crippen molar-refractivity contribution in [3.63, 3.8) is 0 Å². The molecule has 0 unspecified atom stereocenters. The lowest BCUT2D eigenvalue weighted by molar-refractivity contribution is -0.137. The van der Waals surface area contributed by atoms with Crippen LogP contribution in [0.1, 0.15) is 30.9 Å². The topological polar surface area (TPSA) is 75.7 Å². The van der Waals surface area contributed by atoms with Gasteiger partial charge >= 0.3 is 6.18 Å². The van der Waals surface area contributed by atoms with Gasteiger partial charge in [-0.3, -0.25) is 4.79 Å². The van der Waals surface area contributed by atoms with Crippen molar-refractivity contribution in [1.29, 1.82) is 0 Å². The molecular formula is C22H24ClF3N2O4S. The normalized spacial score (nSPS) is 17.6. The molecule has 2 aromatic rings. The van der Waals surface area contributed by atoms with Gasteiger partial charge in [0.1, 0.15) is 5.75 Å². The largest absolute Gasteiger partial charge is 0.494 e. The maximum atomic E-state index is 13.2. The Bertz CT molecular complexity index is 1140. The number of aryl methyl sites for hydroxylation is 1. The van der Waals surface area contributed by atoms with Gasteiger partial charge in [-0.05, 0) is 68.7 Å². The zero-order chi connectivity index (χ0) is 24.4. The molecule has 2 aromatic carbocycles. The summed E-state index contributed by atoms with van der Waals surface area (Å²) < 4.78 is 72.0. The van der Waals surface area contributed by atoms with Gasteiger partial charge in [0.15, 0.2) is 0 Å². The van der Waals surface area contributed by atoms with Crippen LogP contribution in [0.4, 0.5) is 18.9 Å². The summed E-state index contributed by atoms with van der Waals surface area (Å²) in [6.07, 6.45) is -3.75. The molecule has 0 aliphatic carbocycles. The van der Waals surface area contributed by atoms with E-state index in [0.717, 1.165) is 18.2 Å². The Hall–Kier alpha value is -2.30. The molecule has 1 atom stereocenters. The molecule has 180 valence electrons. The maximum absolute atomic E-state index is 13.2. The second kappa shape index (κ2) is 9.90. The molecule has 0 radical (unpaired) electrons. The van der Waals surface area contributed by atoms with Crippen LogP contribution in [0.2, 0.25) is 5.02 Å². The van der Waals surface area contributed by atoms with Crippen LogP contribution in [0.25, 0.3) is 0 Å². The first kappa shape index (κ1) is 25.3. The third-order valence-electron chi connectivity index (χ3n) is 5.39. The highest BCUT2D eigenvalue weighted by molar-refractivity contribution is 7.89. The lowest BCUT2D eigenvalue weighted by atomic mass is 9.98. The number of hydrogen-bond donors (Lipinski definition) is 1. The molecule has 3 rings (SSSR count). The molecular weight excluding hydrogens is 481 g/mol. The van der Waals surface area contributed by atoms with Gasteiger partial charge in [0.2, 0.25) is 15.9 Å². The number of piperidine rings is 1. The van der Waals surface area contributed by atoms with Crippen molar-refractivity contribution in [2.45, 2.75) is 37.8 Å². The Balaban J connectivity index is 1.76. The van der Waals surface area contributed by atoms with E-state index < -0.39 is 33.6 Å². The molecule has 1 saturated heterocycles. The number of benzene rings is 2. The van der Waals surface area contributed by atoms with Gasteiger partial charge < -0.3 is 10.1 Å². The summed E-state index contributed by atoms with van der Waals surface area (Å²) in [5.74, 6) is -0.729. The van der Waals surface area contributed by atoms with E-state index in [1.165, 1.54) is 16.4 Å². The Labute approximate surface area is 195 Å². The molecule has 1 heterocycles. The maximum Gasteiger partial charge on any atom is 0.416 e. The fourth-order valence-corrected chi connectivity index (χ4v) is 5.43. The molecule has 0 saturated carbocycles. The average Bonchev–Trinajstić information content (AvgIpc) is 2.76. The lowest BCUT2D eigenvalue weighted by Gasteiger charge is -2.31. The van der Waals surface area contributed by atoms with Crippen LogP contribution in [0.15, 0.2) is 41.3 Å². The third kappa shape index (κ3) is 5.80. The van der Waals surface area contributed by atoms with Crippen molar-refractivity contribution in [3.8, 4) is 5.75 Å². The number of alkyl halides is 3. The van der Waals surface area contributed by atoms with Crippen LogP contribution in [0.3, 0.4) is 0 Å². The molecule has 0 bridgehead atoms. The summed E-state index contributed by atoms with van der Waals surface area (Å²) in [4.78, 5) is 12.9. The third-order valence-corrected chi connectivity index (χ3v) is 7.58. The van der Waals surface area contributed by atoms with Crippen LogP contribution in [-0.4, -0.2) is 38.3 Å². The van der Waals surface area contributed by atoms with Gasteiger partial charge in [-0.25, -0.2) is 8.42 Å². The highest BCUT2D eigenvalue weighted by atomic mass is 35.5. The number of hydrogen-bond acceptors (Lipinski definition) is 4. The van der Waals surface area contributed by atoms with Crippen LogP contribution >= 0.6 is 11.6 Å². The number of rotatable bonds is 6. The quantitative estimate of drug-likeness (QED) is 0.593. The van der Waals surface area contributed by atoms with Gasteiger partial charge in [-0.1, -0.05) is 11.6 Å². The van der Waals surface area contributed by atoms with E-state index in [-0.39, 0.29) is 28.7 Å². The summed E-state index contributed by atoms with van der Waals surface area (Å²) >= 11 is 5.96. The highest BCUT2D eigenvalue weighted by Crippen LogP contribution is 2.34. The minimum Gasteiger partial charge on any atom is -0.494 e. The van der Waals surface area contributed by atoms with E-state index in [9.17, 15) is 26.4 Å². The number of amides is 1. The molecule has 1 fully saturated rings. The number of carbonyl (C=O) groups excluding carboxylic acids is 1. The monoisotopic (exact) mass is 504 g/mol. The number of halogens is 4. The first-order valence-electron chi connectivity index (χ1n) is 10.3. The van der Waals surface area contributed by atoms with Crippen LogP contribution in [-0.2, 0) is 21.0 Å². The SMILES string of the molecule is CCOc1ccc(S(=O)(=O)N2CCC[C@H](C(=O)Nc3cc(C(F)(F)F)ccc3Cl)C2)cc1C. The molecule has 33 heavy (non-hydrogen) atoms. The summed E-state index contributed by atoms with van der Waals surface area (Å²) in [7, 11) is -3.87. The van der Waals surface area contributed by atoms with E-state index in [1.807, 2.05) is 6.92 Å². The van der Waals surface area contributed by atoms with Gasteiger partial charge in [0, 0.05) is 13.1 Å². The predicted molar refractivity (Wildman–Crippen MR) is 119 cm³/mol. The Morgan fingerprint density at radius 2 is 1.97 bits per heavy atom. The van der Waals surface area contributed by atoms with Gasteiger partial charge in [0.25, 0.3) is 0 Å². The summed E-state index contributed by atoms with van der Waals surface area (Å²) in [6, 6.07) is 7.22. The average molecular weight is 505 g/mol. The van der Waals surface area contributed by atoms with E-state index in [0.29, 0.717) is 30.8 Å². The lowest BCUT2D eigenvalue weighted by Crippen LogP contribution is -2.43. The molecule has 0 spiro atoms. The first-order chi connectivity index (χ1) is 15.4. The van der Waals surface area contributed by atoms with Gasteiger partial charge in [0.05, 0.1) is 33.7 Å². The zero-order valence-electron chi connectivity index (χ0n) is 18.1. The fraction of sp³-hybridized carbons (Fsp3) is 0.409. The number of carbonyl (C=O) groups is 1. The molecule has 0 aromatic heterocycles. The van der Waals surface area contributed by atoms with E-state index in [4.69, 9.17) is 16.3 Å². The van der Waals surface area contributed by atoms with Crippen molar-refractivity contribution in [1.82, 2.24) is 4.31 Å². The zero-order valence-corrected chi connectivity index (χ0v) is 19.6. The minimum atomic E-state index is -4.59.